The molecule has 0 spiro atoms. The molecule has 7 nitrogen and oxygen atoms in total. The summed E-state index contributed by atoms with van der Waals surface area (Å²) >= 11 is 8.96. The van der Waals surface area contributed by atoms with Gasteiger partial charge in [0, 0.05) is 10.0 Å². The van der Waals surface area contributed by atoms with Crippen molar-refractivity contribution in [1.29, 1.82) is 0 Å². The van der Waals surface area contributed by atoms with Crippen molar-refractivity contribution in [3.05, 3.63) is 63.1 Å². The van der Waals surface area contributed by atoms with Gasteiger partial charge in [-0.05, 0) is 46.3 Å². The summed E-state index contributed by atoms with van der Waals surface area (Å²) in [6.45, 7) is 0. The van der Waals surface area contributed by atoms with Gasteiger partial charge in [-0.2, -0.15) is 0 Å². The van der Waals surface area contributed by atoms with Gasteiger partial charge in [0.2, 0.25) is 10.0 Å². The zero-order valence-corrected chi connectivity index (χ0v) is 15.1. The normalized spacial score (nSPS) is 11.0. The molecule has 0 atom stereocenters. The van der Waals surface area contributed by atoms with Crippen LogP contribution in [-0.2, 0) is 10.0 Å². The fourth-order valence-electron chi connectivity index (χ4n) is 1.76. The highest BCUT2D eigenvalue weighted by Gasteiger charge is 2.17. The molecule has 0 saturated carbocycles. The number of sulfonamides is 1. The van der Waals surface area contributed by atoms with E-state index < -0.39 is 21.8 Å². The molecular weight excluding hydrogens is 422 g/mol. The lowest BCUT2D eigenvalue weighted by molar-refractivity contribution is 0.0846. The van der Waals surface area contributed by atoms with E-state index >= 15 is 0 Å². The van der Waals surface area contributed by atoms with Gasteiger partial charge in [0.25, 0.3) is 11.8 Å². The first kappa shape index (κ1) is 18.4. The van der Waals surface area contributed by atoms with Crippen molar-refractivity contribution in [2.75, 3.05) is 0 Å². The fraction of sp³-hybridized carbons (Fsp3) is 0. The van der Waals surface area contributed by atoms with Crippen LogP contribution < -0.4 is 16.0 Å². The van der Waals surface area contributed by atoms with Crippen LogP contribution >= 0.6 is 27.5 Å². The number of nitrogens with two attached hydrogens (primary N) is 1. The lowest BCUT2D eigenvalue weighted by Crippen LogP contribution is -2.41. The molecular formula is C14H11BrClN3O4S. The predicted molar refractivity (Wildman–Crippen MR) is 91.9 cm³/mol. The molecule has 2 amide bonds. The number of hydrazine groups is 1. The lowest BCUT2D eigenvalue weighted by Gasteiger charge is -2.09. The van der Waals surface area contributed by atoms with Crippen LogP contribution in [0.25, 0.3) is 0 Å². The van der Waals surface area contributed by atoms with Crippen LogP contribution in [-0.4, -0.2) is 20.2 Å². The first-order valence-electron chi connectivity index (χ1n) is 6.37. The Kier molecular flexibility index (Phi) is 5.60. The van der Waals surface area contributed by atoms with Gasteiger partial charge in [-0.15, -0.1) is 0 Å². The van der Waals surface area contributed by atoms with Crippen molar-refractivity contribution < 1.29 is 18.0 Å². The van der Waals surface area contributed by atoms with E-state index in [4.69, 9.17) is 16.7 Å². The number of hydrogen-bond acceptors (Lipinski definition) is 4. The Labute approximate surface area is 151 Å². The fourth-order valence-corrected chi connectivity index (χ4v) is 3.30. The van der Waals surface area contributed by atoms with Crippen LogP contribution in [0.2, 0.25) is 5.02 Å². The molecule has 24 heavy (non-hydrogen) atoms. The van der Waals surface area contributed by atoms with Gasteiger partial charge < -0.3 is 0 Å². The van der Waals surface area contributed by atoms with E-state index in [-0.39, 0.29) is 15.5 Å². The summed E-state index contributed by atoms with van der Waals surface area (Å²) in [4.78, 5) is 23.6. The zero-order valence-electron chi connectivity index (χ0n) is 11.9. The molecule has 0 unspecified atom stereocenters. The molecule has 2 aromatic carbocycles. The van der Waals surface area contributed by atoms with E-state index in [2.05, 4.69) is 26.8 Å². The molecule has 0 radical (unpaired) electrons. The Bertz CT molecular complexity index is 918. The average molecular weight is 433 g/mol. The van der Waals surface area contributed by atoms with Crippen LogP contribution in [0.3, 0.4) is 0 Å². The topological polar surface area (TPSA) is 118 Å². The van der Waals surface area contributed by atoms with E-state index in [0.29, 0.717) is 10.0 Å². The van der Waals surface area contributed by atoms with E-state index in [0.717, 1.165) is 6.07 Å². The monoisotopic (exact) mass is 431 g/mol. The van der Waals surface area contributed by atoms with Crippen molar-refractivity contribution >= 4 is 49.4 Å². The molecule has 0 saturated heterocycles. The number of carbonyl (C=O) groups excluding carboxylic acids is 2. The Hall–Kier alpha value is -1.94. The van der Waals surface area contributed by atoms with Crippen LogP contribution in [0, 0.1) is 0 Å². The molecule has 4 N–H and O–H groups in total. The number of hydrogen-bond donors (Lipinski definition) is 3. The third kappa shape index (κ3) is 4.32. The van der Waals surface area contributed by atoms with E-state index in [9.17, 15) is 18.0 Å². The molecule has 0 fully saturated rings. The Morgan fingerprint density at radius 3 is 2.29 bits per heavy atom. The van der Waals surface area contributed by atoms with E-state index in [1.807, 2.05) is 0 Å². The second kappa shape index (κ2) is 7.31. The maximum atomic E-state index is 12.0. The summed E-state index contributed by atoms with van der Waals surface area (Å²) in [6, 6.07) is 10.2. The van der Waals surface area contributed by atoms with Gasteiger partial charge in [-0.25, -0.2) is 13.6 Å². The number of primary sulfonamides is 1. The van der Waals surface area contributed by atoms with Gasteiger partial charge in [-0.1, -0.05) is 23.7 Å². The van der Waals surface area contributed by atoms with Crippen molar-refractivity contribution in [3.8, 4) is 0 Å². The molecule has 2 aromatic rings. The van der Waals surface area contributed by atoms with Crippen molar-refractivity contribution in [1.82, 2.24) is 10.9 Å². The highest BCUT2D eigenvalue weighted by Crippen LogP contribution is 2.21. The van der Waals surface area contributed by atoms with Crippen LogP contribution in [0.5, 0.6) is 0 Å². The molecule has 126 valence electrons. The largest absolute Gasteiger partial charge is 0.270 e. The number of rotatable bonds is 3. The molecule has 0 aliphatic carbocycles. The molecule has 0 heterocycles. The molecule has 0 aromatic heterocycles. The minimum Gasteiger partial charge on any atom is -0.267 e. The Balaban J connectivity index is 2.14. The van der Waals surface area contributed by atoms with Gasteiger partial charge >= 0.3 is 0 Å². The van der Waals surface area contributed by atoms with Crippen LogP contribution in [0.4, 0.5) is 0 Å². The van der Waals surface area contributed by atoms with E-state index in [1.54, 1.807) is 24.3 Å². The van der Waals surface area contributed by atoms with Gasteiger partial charge in [0.15, 0.2) is 0 Å². The summed E-state index contributed by atoms with van der Waals surface area (Å²) < 4.78 is 23.4. The van der Waals surface area contributed by atoms with Gasteiger partial charge in [0.05, 0.1) is 10.6 Å². The SMILES string of the molecule is NS(=O)(=O)c1cc(C(=O)NNC(=O)c2ccccc2Br)ccc1Cl. The van der Waals surface area contributed by atoms with Crippen molar-refractivity contribution in [2.24, 2.45) is 5.14 Å². The standard InChI is InChI=1S/C14H11BrClN3O4S/c15-10-4-2-1-3-9(10)14(21)19-18-13(20)8-5-6-11(16)12(7-8)24(17,22)23/h1-7H,(H,18,20)(H,19,21)(H2,17,22,23). The molecule has 0 aliphatic heterocycles. The summed E-state index contributed by atoms with van der Waals surface area (Å²) in [6.07, 6.45) is 0. The average Bonchev–Trinajstić information content (AvgIpc) is 2.52. The number of halogens is 2. The maximum Gasteiger partial charge on any atom is 0.270 e. The van der Waals surface area contributed by atoms with Crippen LogP contribution in [0.15, 0.2) is 51.8 Å². The number of carbonyl (C=O) groups is 2. The van der Waals surface area contributed by atoms with Crippen LogP contribution in [0.1, 0.15) is 20.7 Å². The Morgan fingerprint density at radius 1 is 1.04 bits per heavy atom. The second-order valence-corrected chi connectivity index (χ2v) is 7.37. The van der Waals surface area contributed by atoms with Crippen molar-refractivity contribution in [2.45, 2.75) is 4.90 Å². The highest BCUT2D eigenvalue weighted by molar-refractivity contribution is 9.10. The summed E-state index contributed by atoms with van der Waals surface area (Å²) in [5, 5.41) is 4.92. The highest BCUT2D eigenvalue weighted by atomic mass is 79.9. The summed E-state index contributed by atoms with van der Waals surface area (Å²) in [7, 11) is -4.07. The minimum atomic E-state index is -4.07. The summed E-state index contributed by atoms with van der Waals surface area (Å²) in [5.74, 6) is -1.27. The number of nitrogens with one attached hydrogen (secondary N) is 2. The third-order valence-electron chi connectivity index (χ3n) is 2.91. The smallest absolute Gasteiger partial charge is 0.267 e. The molecule has 0 aliphatic rings. The molecule has 0 bridgehead atoms. The third-order valence-corrected chi connectivity index (χ3v) is 4.99. The predicted octanol–water partition coefficient (Wildman–Crippen LogP) is 1.82. The number of benzene rings is 2. The first-order valence-corrected chi connectivity index (χ1v) is 9.09. The second-order valence-electron chi connectivity index (χ2n) is 4.58. The summed E-state index contributed by atoms with van der Waals surface area (Å²) in [5.41, 5.74) is 4.70. The molecule has 10 heteroatoms. The number of amides is 2. The van der Waals surface area contributed by atoms with Crippen molar-refractivity contribution in [3.63, 3.8) is 0 Å². The lowest BCUT2D eigenvalue weighted by atomic mass is 10.2. The zero-order chi connectivity index (χ0) is 17.9. The van der Waals surface area contributed by atoms with Gasteiger partial charge in [-0.3, -0.25) is 20.4 Å². The molecule has 2 rings (SSSR count). The quantitative estimate of drug-likeness (QED) is 0.641. The Morgan fingerprint density at radius 2 is 1.67 bits per heavy atom. The first-order chi connectivity index (χ1) is 11.2. The minimum absolute atomic E-state index is 0.0316. The van der Waals surface area contributed by atoms with E-state index in [1.165, 1.54) is 12.1 Å². The maximum absolute atomic E-state index is 12.0. The van der Waals surface area contributed by atoms with Gasteiger partial charge in [0.1, 0.15) is 4.90 Å².